The van der Waals surface area contributed by atoms with Gasteiger partial charge in [-0.3, -0.25) is 9.78 Å². The number of aryl methyl sites for hydroxylation is 1. The highest BCUT2D eigenvalue weighted by atomic mass is 16.3. The summed E-state index contributed by atoms with van der Waals surface area (Å²) in [5.41, 5.74) is 2.58. The van der Waals surface area contributed by atoms with Crippen molar-refractivity contribution >= 4 is 23.0 Å². The normalized spacial score (nSPS) is 11.1. The molecule has 0 unspecified atom stereocenters. The first kappa shape index (κ1) is 14.1. The van der Waals surface area contributed by atoms with Gasteiger partial charge in [-0.1, -0.05) is 24.3 Å². The summed E-state index contributed by atoms with van der Waals surface area (Å²) in [6.07, 6.45) is 3.13. The number of pyridine rings is 1. The lowest BCUT2D eigenvalue weighted by atomic mass is 10.2. The van der Waals surface area contributed by atoms with Gasteiger partial charge in [-0.25, -0.2) is 0 Å². The van der Waals surface area contributed by atoms with E-state index >= 15 is 0 Å². The maximum atomic E-state index is 11.8. The summed E-state index contributed by atoms with van der Waals surface area (Å²) in [6.45, 7) is 2.33. The van der Waals surface area contributed by atoms with Gasteiger partial charge in [-0.2, -0.15) is 0 Å². The second kappa shape index (κ2) is 6.26. The summed E-state index contributed by atoms with van der Waals surface area (Å²) < 4.78 is 5.62. The van der Waals surface area contributed by atoms with E-state index in [9.17, 15) is 4.79 Å². The van der Waals surface area contributed by atoms with E-state index < -0.39 is 0 Å². The Morgan fingerprint density at radius 2 is 2.09 bits per heavy atom. The third-order valence-corrected chi connectivity index (χ3v) is 3.23. The van der Waals surface area contributed by atoms with Gasteiger partial charge in [0.15, 0.2) is 0 Å². The molecule has 2 aromatic heterocycles. The predicted molar refractivity (Wildman–Crippen MR) is 86.1 cm³/mol. The summed E-state index contributed by atoms with van der Waals surface area (Å²) in [5, 5.41) is 3.82. The Morgan fingerprint density at radius 1 is 1.23 bits per heavy atom. The SMILES string of the molecule is Cc1cccc(CNC(=O)C=Cc2cc3ccccc3o2)n1. The van der Waals surface area contributed by atoms with E-state index in [-0.39, 0.29) is 5.91 Å². The molecule has 1 aromatic carbocycles. The Balaban J connectivity index is 1.61. The van der Waals surface area contributed by atoms with E-state index in [0.717, 1.165) is 22.4 Å². The number of carbonyl (C=O) groups is 1. The quantitative estimate of drug-likeness (QED) is 0.749. The van der Waals surface area contributed by atoms with Crippen LogP contribution in [-0.2, 0) is 11.3 Å². The molecule has 110 valence electrons. The van der Waals surface area contributed by atoms with Crippen molar-refractivity contribution in [3.63, 3.8) is 0 Å². The molecule has 0 saturated carbocycles. The number of hydrogen-bond donors (Lipinski definition) is 1. The van der Waals surface area contributed by atoms with Crippen LogP contribution < -0.4 is 5.32 Å². The number of fused-ring (bicyclic) bond motifs is 1. The molecule has 4 nitrogen and oxygen atoms in total. The largest absolute Gasteiger partial charge is 0.457 e. The number of amides is 1. The second-order valence-electron chi connectivity index (χ2n) is 5.01. The second-order valence-corrected chi connectivity index (χ2v) is 5.01. The molecule has 1 amide bonds. The van der Waals surface area contributed by atoms with Crippen LogP contribution in [0.15, 0.2) is 59.0 Å². The molecule has 22 heavy (non-hydrogen) atoms. The van der Waals surface area contributed by atoms with Crippen molar-refractivity contribution in [2.24, 2.45) is 0 Å². The van der Waals surface area contributed by atoms with Gasteiger partial charge in [0.1, 0.15) is 11.3 Å². The zero-order valence-corrected chi connectivity index (χ0v) is 12.2. The Bertz CT molecular complexity index is 801. The van der Waals surface area contributed by atoms with E-state index in [0.29, 0.717) is 12.3 Å². The summed E-state index contributed by atoms with van der Waals surface area (Å²) in [4.78, 5) is 16.2. The van der Waals surface area contributed by atoms with Gasteiger partial charge in [0, 0.05) is 17.2 Å². The molecule has 0 aliphatic rings. The van der Waals surface area contributed by atoms with Gasteiger partial charge in [0.05, 0.1) is 12.2 Å². The highest BCUT2D eigenvalue weighted by Crippen LogP contribution is 2.19. The summed E-state index contributed by atoms with van der Waals surface area (Å²) in [6, 6.07) is 15.4. The fourth-order valence-electron chi connectivity index (χ4n) is 2.18. The molecule has 0 fully saturated rings. The maximum absolute atomic E-state index is 11.8. The lowest BCUT2D eigenvalue weighted by Crippen LogP contribution is -2.20. The summed E-state index contributed by atoms with van der Waals surface area (Å²) >= 11 is 0. The van der Waals surface area contributed by atoms with Gasteiger partial charge in [-0.15, -0.1) is 0 Å². The minimum atomic E-state index is -0.177. The van der Waals surface area contributed by atoms with Crippen LogP contribution in [-0.4, -0.2) is 10.9 Å². The Morgan fingerprint density at radius 3 is 2.91 bits per heavy atom. The molecule has 3 rings (SSSR count). The number of nitrogens with zero attached hydrogens (tertiary/aromatic N) is 1. The Labute approximate surface area is 128 Å². The van der Waals surface area contributed by atoms with Crippen LogP contribution in [0.2, 0.25) is 0 Å². The van der Waals surface area contributed by atoms with Gasteiger partial charge in [0.25, 0.3) is 0 Å². The minimum Gasteiger partial charge on any atom is -0.457 e. The van der Waals surface area contributed by atoms with Crippen LogP contribution in [0.4, 0.5) is 0 Å². The fraction of sp³-hybridized carbons (Fsp3) is 0.111. The third-order valence-electron chi connectivity index (χ3n) is 3.23. The molecule has 0 bridgehead atoms. The van der Waals surface area contributed by atoms with E-state index in [1.807, 2.05) is 55.5 Å². The zero-order valence-electron chi connectivity index (χ0n) is 12.2. The topological polar surface area (TPSA) is 55.1 Å². The molecule has 3 aromatic rings. The van der Waals surface area contributed by atoms with Crippen LogP contribution in [0.5, 0.6) is 0 Å². The third kappa shape index (κ3) is 3.41. The molecule has 0 spiro atoms. The number of carbonyl (C=O) groups excluding carboxylic acids is 1. The van der Waals surface area contributed by atoms with Gasteiger partial charge in [-0.05, 0) is 37.3 Å². The molecular formula is C18H16N2O2. The van der Waals surface area contributed by atoms with Crippen LogP contribution >= 0.6 is 0 Å². The lowest BCUT2D eigenvalue weighted by Gasteiger charge is -2.02. The smallest absolute Gasteiger partial charge is 0.244 e. The molecule has 2 heterocycles. The van der Waals surface area contributed by atoms with E-state index in [1.54, 1.807) is 6.08 Å². The van der Waals surface area contributed by atoms with Crippen molar-refractivity contribution in [3.8, 4) is 0 Å². The molecule has 0 aliphatic heterocycles. The van der Waals surface area contributed by atoms with Gasteiger partial charge >= 0.3 is 0 Å². The summed E-state index contributed by atoms with van der Waals surface area (Å²) in [7, 11) is 0. The van der Waals surface area contributed by atoms with Crippen molar-refractivity contribution in [1.82, 2.24) is 10.3 Å². The van der Waals surface area contributed by atoms with Crippen molar-refractivity contribution in [2.45, 2.75) is 13.5 Å². The molecule has 1 N–H and O–H groups in total. The van der Waals surface area contributed by atoms with Crippen molar-refractivity contribution in [1.29, 1.82) is 0 Å². The standard InChI is InChI=1S/C18H16N2O2/c1-13-5-4-7-15(20-13)12-19-18(21)10-9-16-11-14-6-2-3-8-17(14)22-16/h2-11H,12H2,1H3,(H,19,21). The molecule has 0 aliphatic carbocycles. The predicted octanol–water partition coefficient (Wildman–Crippen LogP) is 3.47. The van der Waals surface area contributed by atoms with Crippen LogP contribution in [0.3, 0.4) is 0 Å². The van der Waals surface area contributed by atoms with E-state index in [2.05, 4.69) is 10.3 Å². The van der Waals surface area contributed by atoms with Crippen molar-refractivity contribution in [2.75, 3.05) is 0 Å². The Hall–Kier alpha value is -2.88. The molecular weight excluding hydrogens is 276 g/mol. The first-order valence-electron chi connectivity index (χ1n) is 7.08. The maximum Gasteiger partial charge on any atom is 0.244 e. The average Bonchev–Trinajstić information content (AvgIpc) is 2.94. The number of benzene rings is 1. The zero-order chi connectivity index (χ0) is 15.4. The number of rotatable bonds is 4. The highest BCUT2D eigenvalue weighted by Gasteiger charge is 2.01. The highest BCUT2D eigenvalue weighted by molar-refractivity contribution is 5.92. The number of aromatic nitrogens is 1. The van der Waals surface area contributed by atoms with Crippen LogP contribution in [0.25, 0.3) is 17.0 Å². The first-order valence-corrected chi connectivity index (χ1v) is 7.08. The average molecular weight is 292 g/mol. The number of furan rings is 1. The summed E-state index contributed by atoms with van der Waals surface area (Å²) in [5.74, 6) is 0.480. The van der Waals surface area contributed by atoms with Crippen LogP contribution in [0.1, 0.15) is 17.1 Å². The van der Waals surface area contributed by atoms with Gasteiger partial charge < -0.3 is 9.73 Å². The van der Waals surface area contributed by atoms with Crippen LogP contribution in [0, 0.1) is 6.92 Å². The minimum absolute atomic E-state index is 0.177. The fourth-order valence-corrected chi connectivity index (χ4v) is 2.18. The van der Waals surface area contributed by atoms with Crippen molar-refractivity contribution in [3.05, 3.63) is 71.8 Å². The monoisotopic (exact) mass is 292 g/mol. The van der Waals surface area contributed by atoms with Gasteiger partial charge in [0.2, 0.25) is 5.91 Å². The van der Waals surface area contributed by atoms with E-state index in [1.165, 1.54) is 6.08 Å². The molecule has 4 heteroatoms. The molecule has 0 atom stereocenters. The Kier molecular flexibility index (Phi) is 4.01. The number of nitrogens with one attached hydrogen (secondary N) is 1. The molecule has 0 radical (unpaired) electrons. The first-order chi connectivity index (χ1) is 10.7. The number of para-hydroxylation sites is 1. The number of hydrogen-bond acceptors (Lipinski definition) is 3. The molecule has 0 saturated heterocycles. The van der Waals surface area contributed by atoms with Crippen molar-refractivity contribution < 1.29 is 9.21 Å². The van der Waals surface area contributed by atoms with E-state index in [4.69, 9.17) is 4.42 Å². The lowest BCUT2D eigenvalue weighted by molar-refractivity contribution is -0.116.